The lowest BCUT2D eigenvalue weighted by atomic mass is 10.2. The van der Waals surface area contributed by atoms with Gasteiger partial charge in [-0.15, -0.1) is 5.10 Å². The van der Waals surface area contributed by atoms with Gasteiger partial charge in [-0.25, -0.2) is 4.39 Å². The topological polar surface area (TPSA) is 42.7 Å². The van der Waals surface area contributed by atoms with Crippen LogP contribution in [0.5, 0.6) is 0 Å². The Morgan fingerprint density at radius 2 is 2.25 bits per heavy atom. The molecular formula is C11H13FN4. The molecule has 0 spiro atoms. The second kappa shape index (κ2) is 4.30. The third-order valence-corrected chi connectivity index (χ3v) is 2.39. The van der Waals surface area contributed by atoms with Gasteiger partial charge in [0.2, 0.25) is 0 Å². The van der Waals surface area contributed by atoms with Crippen LogP contribution in [-0.4, -0.2) is 15.0 Å². The minimum atomic E-state index is -0.249. The summed E-state index contributed by atoms with van der Waals surface area (Å²) in [5, 5.41) is 10.6. The molecule has 16 heavy (non-hydrogen) atoms. The van der Waals surface area contributed by atoms with Crippen LogP contribution in [-0.2, 0) is 13.6 Å². The van der Waals surface area contributed by atoms with Crippen molar-refractivity contribution >= 4 is 5.69 Å². The summed E-state index contributed by atoms with van der Waals surface area (Å²) in [5.41, 5.74) is 2.43. The number of hydrogen-bond acceptors (Lipinski definition) is 3. The van der Waals surface area contributed by atoms with Gasteiger partial charge in [-0.1, -0.05) is 11.3 Å². The molecule has 0 unspecified atom stereocenters. The molecule has 0 atom stereocenters. The summed E-state index contributed by atoms with van der Waals surface area (Å²) in [5.74, 6) is -0.249. The molecule has 1 heterocycles. The lowest BCUT2D eigenvalue weighted by molar-refractivity contribution is 0.628. The minimum Gasteiger partial charge on any atom is -0.377 e. The molecule has 84 valence electrons. The van der Waals surface area contributed by atoms with E-state index in [4.69, 9.17) is 0 Å². The molecule has 0 aliphatic carbocycles. The molecule has 0 amide bonds. The number of rotatable bonds is 3. The fourth-order valence-electron chi connectivity index (χ4n) is 1.43. The Morgan fingerprint density at radius 1 is 1.44 bits per heavy atom. The summed E-state index contributed by atoms with van der Waals surface area (Å²) in [4.78, 5) is 0. The Hall–Kier alpha value is -1.91. The molecule has 5 heteroatoms. The molecule has 0 saturated heterocycles. The van der Waals surface area contributed by atoms with Crippen LogP contribution in [0.15, 0.2) is 24.4 Å². The van der Waals surface area contributed by atoms with Crippen molar-refractivity contribution in [3.8, 4) is 0 Å². The van der Waals surface area contributed by atoms with Crippen molar-refractivity contribution in [2.75, 3.05) is 5.32 Å². The van der Waals surface area contributed by atoms with Crippen LogP contribution in [0.1, 0.15) is 11.3 Å². The molecule has 0 aliphatic rings. The number of nitrogens with zero attached hydrogens (tertiary/aromatic N) is 3. The molecule has 4 nitrogen and oxygen atoms in total. The molecule has 0 fully saturated rings. The highest BCUT2D eigenvalue weighted by atomic mass is 19.1. The molecule has 1 aromatic heterocycles. The standard InChI is InChI=1S/C11H13FN4/c1-8-3-4-10(12)11(5-8)13-6-9-7-14-15-16(9)2/h3-5,7,13H,6H2,1-2H3. The zero-order valence-corrected chi connectivity index (χ0v) is 9.24. The van der Waals surface area contributed by atoms with E-state index in [9.17, 15) is 4.39 Å². The second-order valence-corrected chi connectivity index (χ2v) is 3.69. The van der Waals surface area contributed by atoms with E-state index in [0.717, 1.165) is 11.3 Å². The van der Waals surface area contributed by atoms with Crippen LogP contribution < -0.4 is 5.32 Å². The fourth-order valence-corrected chi connectivity index (χ4v) is 1.43. The van der Waals surface area contributed by atoms with E-state index in [1.807, 2.05) is 6.92 Å². The van der Waals surface area contributed by atoms with Crippen molar-refractivity contribution in [3.63, 3.8) is 0 Å². The summed E-state index contributed by atoms with van der Waals surface area (Å²) in [6, 6.07) is 4.98. The minimum absolute atomic E-state index is 0.249. The smallest absolute Gasteiger partial charge is 0.146 e. The largest absolute Gasteiger partial charge is 0.377 e. The molecule has 0 radical (unpaired) electrons. The second-order valence-electron chi connectivity index (χ2n) is 3.69. The van der Waals surface area contributed by atoms with Gasteiger partial charge in [-0.2, -0.15) is 0 Å². The first-order chi connectivity index (χ1) is 7.66. The van der Waals surface area contributed by atoms with E-state index >= 15 is 0 Å². The van der Waals surface area contributed by atoms with Gasteiger partial charge in [-0.05, 0) is 24.6 Å². The van der Waals surface area contributed by atoms with Gasteiger partial charge in [0, 0.05) is 7.05 Å². The summed E-state index contributed by atoms with van der Waals surface area (Å²) in [6.45, 7) is 2.43. The maximum atomic E-state index is 13.4. The van der Waals surface area contributed by atoms with Gasteiger partial charge >= 0.3 is 0 Å². The van der Waals surface area contributed by atoms with Crippen LogP contribution in [0.4, 0.5) is 10.1 Å². The Kier molecular flexibility index (Phi) is 2.85. The van der Waals surface area contributed by atoms with Crippen LogP contribution in [0.3, 0.4) is 0 Å². The SMILES string of the molecule is Cc1ccc(F)c(NCc2cnnn2C)c1. The van der Waals surface area contributed by atoms with Crippen molar-refractivity contribution in [3.05, 3.63) is 41.5 Å². The average Bonchev–Trinajstić information content (AvgIpc) is 2.66. The normalized spacial score (nSPS) is 10.4. The van der Waals surface area contributed by atoms with E-state index in [0.29, 0.717) is 12.2 Å². The summed E-state index contributed by atoms with van der Waals surface area (Å²) in [7, 11) is 1.80. The van der Waals surface area contributed by atoms with Crippen molar-refractivity contribution in [1.82, 2.24) is 15.0 Å². The number of aryl methyl sites for hydroxylation is 2. The molecule has 1 N–H and O–H groups in total. The maximum absolute atomic E-state index is 13.4. The van der Waals surface area contributed by atoms with Gasteiger partial charge in [0.05, 0.1) is 24.1 Å². The van der Waals surface area contributed by atoms with E-state index in [1.165, 1.54) is 6.07 Å². The van der Waals surface area contributed by atoms with Gasteiger partial charge in [0.1, 0.15) is 5.82 Å². The van der Waals surface area contributed by atoms with E-state index in [2.05, 4.69) is 15.6 Å². The lowest BCUT2D eigenvalue weighted by Gasteiger charge is -2.07. The molecule has 0 aliphatic heterocycles. The Labute approximate surface area is 93.1 Å². The zero-order chi connectivity index (χ0) is 11.5. The van der Waals surface area contributed by atoms with Gasteiger partial charge in [0.25, 0.3) is 0 Å². The van der Waals surface area contributed by atoms with Gasteiger partial charge in [0.15, 0.2) is 0 Å². The Bertz CT molecular complexity index is 492. The molecular weight excluding hydrogens is 207 g/mol. The highest BCUT2D eigenvalue weighted by Gasteiger charge is 2.03. The van der Waals surface area contributed by atoms with Crippen LogP contribution >= 0.6 is 0 Å². The zero-order valence-electron chi connectivity index (χ0n) is 9.24. The first kappa shape index (κ1) is 10.6. The predicted molar refractivity (Wildman–Crippen MR) is 59.5 cm³/mol. The molecule has 0 saturated carbocycles. The number of benzene rings is 1. The summed E-state index contributed by atoms with van der Waals surface area (Å²) >= 11 is 0. The Morgan fingerprint density at radius 3 is 2.94 bits per heavy atom. The highest BCUT2D eigenvalue weighted by Crippen LogP contribution is 2.16. The molecule has 0 bridgehead atoms. The van der Waals surface area contributed by atoms with Gasteiger partial charge < -0.3 is 5.32 Å². The first-order valence-corrected chi connectivity index (χ1v) is 5.00. The fraction of sp³-hybridized carbons (Fsp3) is 0.273. The molecule has 1 aromatic carbocycles. The first-order valence-electron chi connectivity index (χ1n) is 5.00. The van der Waals surface area contributed by atoms with Crippen LogP contribution in [0.25, 0.3) is 0 Å². The third-order valence-electron chi connectivity index (χ3n) is 2.39. The molecule has 2 aromatic rings. The van der Waals surface area contributed by atoms with Crippen molar-refractivity contribution in [2.45, 2.75) is 13.5 Å². The number of hydrogen-bond donors (Lipinski definition) is 1. The average molecular weight is 220 g/mol. The highest BCUT2D eigenvalue weighted by molar-refractivity contribution is 5.47. The summed E-state index contributed by atoms with van der Waals surface area (Å²) in [6.07, 6.45) is 1.65. The Balaban J connectivity index is 2.10. The van der Waals surface area contributed by atoms with Crippen molar-refractivity contribution in [1.29, 1.82) is 0 Å². The van der Waals surface area contributed by atoms with E-state index in [-0.39, 0.29) is 5.82 Å². The number of anilines is 1. The number of aromatic nitrogens is 3. The predicted octanol–water partition coefficient (Wildman–Crippen LogP) is 1.87. The van der Waals surface area contributed by atoms with E-state index in [1.54, 1.807) is 30.1 Å². The quantitative estimate of drug-likeness (QED) is 0.858. The van der Waals surface area contributed by atoms with Crippen LogP contribution in [0.2, 0.25) is 0 Å². The van der Waals surface area contributed by atoms with Crippen molar-refractivity contribution in [2.24, 2.45) is 7.05 Å². The maximum Gasteiger partial charge on any atom is 0.146 e. The van der Waals surface area contributed by atoms with Gasteiger partial charge in [-0.3, -0.25) is 4.68 Å². The number of nitrogens with one attached hydrogen (secondary N) is 1. The van der Waals surface area contributed by atoms with E-state index < -0.39 is 0 Å². The third kappa shape index (κ3) is 2.18. The summed E-state index contributed by atoms with van der Waals surface area (Å²) < 4.78 is 15.1. The number of halogens is 1. The van der Waals surface area contributed by atoms with Crippen LogP contribution in [0, 0.1) is 12.7 Å². The lowest BCUT2D eigenvalue weighted by Crippen LogP contribution is -2.06. The van der Waals surface area contributed by atoms with Crippen molar-refractivity contribution < 1.29 is 4.39 Å². The molecule has 2 rings (SSSR count). The monoisotopic (exact) mass is 220 g/mol.